The Bertz CT molecular complexity index is 848. The molecule has 0 bridgehead atoms. The van der Waals surface area contributed by atoms with E-state index in [1.54, 1.807) is 19.1 Å². The van der Waals surface area contributed by atoms with E-state index in [4.69, 9.17) is 5.11 Å². The van der Waals surface area contributed by atoms with Crippen LogP contribution in [0.5, 0.6) is 0 Å². The van der Waals surface area contributed by atoms with Crippen molar-refractivity contribution >= 4 is 11.9 Å². The summed E-state index contributed by atoms with van der Waals surface area (Å²) in [7, 11) is 0. The molecule has 10 heteroatoms. The molecule has 2 aliphatic rings. The highest BCUT2D eigenvalue weighted by molar-refractivity contribution is 5.65. The monoisotopic (exact) mass is 378 g/mol. The van der Waals surface area contributed by atoms with Gasteiger partial charge in [-0.2, -0.15) is 5.10 Å². The van der Waals surface area contributed by atoms with Gasteiger partial charge in [0.05, 0.1) is 11.7 Å². The van der Waals surface area contributed by atoms with Crippen LogP contribution in [0.2, 0.25) is 0 Å². The maximum atomic E-state index is 13.2. The zero-order valence-corrected chi connectivity index (χ0v) is 14.8. The van der Waals surface area contributed by atoms with Crippen LogP contribution in [-0.2, 0) is 0 Å². The fourth-order valence-electron chi connectivity index (χ4n) is 3.32. The molecule has 0 spiro atoms. The molecule has 1 aliphatic heterocycles. The molecule has 1 amide bonds. The second kappa shape index (κ2) is 6.75. The third-order valence-corrected chi connectivity index (χ3v) is 4.88. The van der Waals surface area contributed by atoms with Gasteiger partial charge in [0.2, 0.25) is 0 Å². The van der Waals surface area contributed by atoms with Gasteiger partial charge in [-0.3, -0.25) is 0 Å². The van der Waals surface area contributed by atoms with E-state index in [1.165, 1.54) is 9.58 Å². The molecule has 144 valence electrons. The molecule has 0 aromatic carbocycles. The summed E-state index contributed by atoms with van der Waals surface area (Å²) in [6.07, 6.45) is -1.19. The number of alkyl halides is 2. The van der Waals surface area contributed by atoms with Crippen molar-refractivity contribution in [2.75, 3.05) is 18.4 Å². The van der Waals surface area contributed by atoms with Crippen LogP contribution in [0.25, 0.3) is 11.4 Å². The predicted octanol–water partition coefficient (Wildman–Crippen LogP) is 3.09. The van der Waals surface area contributed by atoms with E-state index in [-0.39, 0.29) is 23.7 Å². The number of aromatic nitrogens is 4. The Balaban J connectivity index is 1.52. The van der Waals surface area contributed by atoms with Gasteiger partial charge in [-0.05, 0) is 38.3 Å². The van der Waals surface area contributed by atoms with Crippen LogP contribution in [0.15, 0.2) is 12.1 Å². The fourth-order valence-corrected chi connectivity index (χ4v) is 3.32. The zero-order valence-electron chi connectivity index (χ0n) is 14.8. The van der Waals surface area contributed by atoms with Crippen molar-refractivity contribution in [3.8, 4) is 11.4 Å². The van der Waals surface area contributed by atoms with Crippen LogP contribution in [0, 0.1) is 6.92 Å². The highest BCUT2D eigenvalue weighted by atomic mass is 19.3. The number of hydrogen-bond donors (Lipinski definition) is 2. The molecule has 1 saturated carbocycles. The largest absolute Gasteiger partial charge is 0.465 e. The molecule has 3 heterocycles. The highest BCUT2D eigenvalue weighted by Crippen LogP contribution is 2.38. The highest BCUT2D eigenvalue weighted by Gasteiger charge is 2.32. The molecule has 2 aromatic rings. The van der Waals surface area contributed by atoms with Crippen LogP contribution >= 0.6 is 0 Å². The molecule has 8 nitrogen and oxygen atoms in total. The first-order valence-electron chi connectivity index (χ1n) is 8.89. The van der Waals surface area contributed by atoms with Crippen molar-refractivity contribution in [3.05, 3.63) is 23.7 Å². The van der Waals surface area contributed by atoms with Gasteiger partial charge in [-0.1, -0.05) is 0 Å². The lowest BCUT2D eigenvalue weighted by Gasteiger charge is -2.15. The quantitative estimate of drug-likeness (QED) is 0.830. The van der Waals surface area contributed by atoms with E-state index in [0.717, 1.165) is 12.8 Å². The molecule has 1 aliphatic carbocycles. The number of rotatable bonds is 5. The molecule has 1 atom stereocenters. The van der Waals surface area contributed by atoms with Gasteiger partial charge in [0.1, 0.15) is 5.82 Å². The second-order valence-corrected chi connectivity index (χ2v) is 6.96. The summed E-state index contributed by atoms with van der Waals surface area (Å²) in [5.41, 5.74) is 1.24. The number of carbonyl (C=O) groups is 1. The van der Waals surface area contributed by atoms with Crippen LogP contribution in [0.1, 0.15) is 43.2 Å². The lowest BCUT2D eigenvalue weighted by molar-refractivity contribution is 0.133. The van der Waals surface area contributed by atoms with Gasteiger partial charge in [-0.25, -0.2) is 28.2 Å². The second-order valence-electron chi connectivity index (χ2n) is 6.96. The minimum Gasteiger partial charge on any atom is -0.465 e. The SMILES string of the molecule is Cc1nc(N[C@H]2CCN(C(=O)O)C2)ccc1-c1nc(C(F)F)n(C2CC2)n1. The minimum atomic E-state index is -2.67. The van der Waals surface area contributed by atoms with E-state index in [2.05, 4.69) is 20.4 Å². The number of anilines is 1. The van der Waals surface area contributed by atoms with Gasteiger partial charge in [-0.15, -0.1) is 0 Å². The first-order chi connectivity index (χ1) is 12.9. The van der Waals surface area contributed by atoms with Gasteiger partial charge in [0.15, 0.2) is 11.6 Å². The third kappa shape index (κ3) is 3.56. The van der Waals surface area contributed by atoms with Crippen LogP contribution < -0.4 is 5.32 Å². The van der Waals surface area contributed by atoms with Crippen LogP contribution in [0.4, 0.5) is 19.4 Å². The molecule has 0 unspecified atom stereocenters. The standard InChI is InChI=1S/C17H20F2N6O2/c1-9-12(15-22-16(14(18)19)25(23-15)11-2-3-11)4-5-13(20-9)21-10-6-7-24(8-10)17(26)27/h4-5,10-11,14H,2-3,6-8H2,1H3,(H,20,21)(H,26,27)/t10-/m0/s1. The van der Waals surface area contributed by atoms with E-state index < -0.39 is 12.5 Å². The summed E-state index contributed by atoms with van der Waals surface area (Å²) >= 11 is 0. The maximum absolute atomic E-state index is 13.2. The molecule has 1 saturated heterocycles. The lowest BCUT2D eigenvalue weighted by Crippen LogP contribution is -2.30. The van der Waals surface area contributed by atoms with Crippen molar-refractivity contribution < 1.29 is 18.7 Å². The Morgan fingerprint density at radius 3 is 2.67 bits per heavy atom. The van der Waals surface area contributed by atoms with Crippen molar-refractivity contribution in [1.82, 2.24) is 24.6 Å². The summed E-state index contributed by atoms with van der Waals surface area (Å²) in [5, 5.41) is 16.5. The molecular formula is C17H20F2N6O2. The van der Waals surface area contributed by atoms with Gasteiger partial charge < -0.3 is 15.3 Å². The molecule has 27 heavy (non-hydrogen) atoms. The Morgan fingerprint density at radius 2 is 2.07 bits per heavy atom. The summed E-state index contributed by atoms with van der Waals surface area (Å²) < 4.78 is 27.8. The number of hydrogen-bond acceptors (Lipinski definition) is 5. The van der Waals surface area contributed by atoms with Crippen LogP contribution in [0.3, 0.4) is 0 Å². The number of nitrogens with zero attached hydrogens (tertiary/aromatic N) is 5. The summed E-state index contributed by atoms with van der Waals surface area (Å²) in [6, 6.07) is 3.52. The van der Waals surface area contributed by atoms with Crippen molar-refractivity contribution in [2.45, 2.75) is 44.7 Å². The minimum absolute atomic E-state index is 0.00325. The van der Waals surface area contributed by atoms with E-state index in [1.807, 2.05) is 0 Å². The van der Waals surface area contributed by atoms with E-state index in [9.17, 15) is 13.6 Å². The Kier molecular flexibility index (Phi) is 4.40. The predicted molar refractivity (Wildman–Crippen MR) is 92.8 cm³/mol. The molecular weight excluding hydrogens is 358 g/mol. The average molecular weight is 378 g/mol. The van der Waals surface area contributed by atoms with Gasteiger partial charge in [0, 0.05) is 24.7 Å². The first kappa shape index (κ1) is 17.6. The number of amides is 1. The topological polar surface area (TPSA) is 96.2 Å². The molecule has 2 fully saturated rings. The smallest absolute Gasteiger partial charge is 0.407 e. The fraction of sp³-hybridized carbons (Fsp3) is 0.529. The Labute approximate surface area is 154 Å². The van der Waals surface area contributed by atoms with E-state index in [0.29, 0.717) is 36.6 Å². The average Bonchev–Trinajstić information content (AvgIpc) is 3.18. The summed E-state index contributed by atoms with van der Waals surface area (Å²) in [5.74, 6) is 0.574. The Hall–Kier alpha value is -2.78. The maximum Gasteiger partial charge on any atom is 0.407 e. The molecule has 2 aromatic heterocycles. The number of halogens is 2. The summed E-state index contributed by atoms with van der Waals surface area (Å²) in [6.45, 7) is 2.67. The van der Waals surface area contributed by atoms with Crippen molar-refractivity contribution in [2.24, 2.45) is 0 Å². The van der Waals surface area contributed by atoms with E-state index >= 15 is 0 Å². The first-order valence-corrected chi connectivity index (χ1v) is 8.89. The van der Waals surface area contributed by atoms with Gasteiger partial charge >= 0.3 is 6.09 Å². The molecule has 4 rings (SSSR count). The molecule has 0 radical (unpaired) electrons. The zero-order chi connectivity index (χ0) is 19.1. The number of likely N-dealkylation sites (tertiary alicyclic amines) is 1. The number of nitrogens with one attached hydrogen (secondary N) is 1. The lowest BCUT2D eigenvalue weighted by atomic mass is 10.2. The van der Waals surface area contributed by atoms with Gasteiger partial charge in [0.25, 0.3) is 6.43 Å². The van der Waals surface area contributed by atoms with Crippen LogP contribution in [-0.4, -0.2) is 55.0 Å². The Morgan fingerprint density at radius 1 is 1.30 bits per heavy atom. The summed E-state index contributed by atoms with van der Waals surface area (Å²) in [4.78, 5) is 20.9. The van der Waals surface area contributed by atoms with Crippen molar-refractivity contribution in [3.63, 3.8) is 0 Å². The normalized spacial score (nSPS) is 19.7. The third-order valence-electron chi connectivity index (χ3n) is 4.88. The van der Waals surface area contributed by atoms with Crippen molar-refractivity contribution in [1.29, 1.82) is 0 Å². The number of pyridine rings is 1. The number of carboxylic acid groups (broad SMARTS) is 1. The number of aryl methyl sites for hydroxylation is 1. The molecule has 2 N–H and O–H groups in total.